The second-order valence-corrected chi connectivity index (χ2v) is 7.27. The van der Waals surface area contributed by atoms with Crippen molar-refractivity contribution in [1.82, 2.24) is 0 Å². The minimum Gasteiger partial charge on any atom is -0.223 e. The van der Waals surface area contributed by atoms with Gasteiger partial charge in [-0.05, 0) is 37.5 Å². The first kappa shape index (κ1) is 14.0. The third-order valence-electron chi connectivity index (χ3n) is 2.48. The first-order chi connectivity index (χ1) is 7.84. The minimum absolute atomic E-state index is 0.383. The Balaban J connectivity index is 3.10. The summed E-state index contributed by atoms with van der Waals surface area (Å²) in [6.45, 7) is 7.58. The van der Waals surface area contributed by atoms with Gasteiger partial charge in [0.25, 0.3) is 0 Å². The van der Waals surface area contributed by atoms with Crippen LogP contribution in [0.4, 0.5) is 0 Å². The third-order valence-corrected chi connectivity index (χ3v) is 4.63. The van der Waals surface area contributed by atoms with Crippen molar-refractivity contribution in [1.29, 1.82) is 0 Å². The lowest BCUT2D eigenvalue weighted by atomic mass is 10.1. The van der Waals surface area contributed by atoms with Crippen LogP contribution in [0.1, 0.15) is 33.3 Å². The van der Waals surface area contributed by atoms with Crippen LogP contribution in [-0.4, -0.2) is 13.7 Å². The molecule has 0 saturated heterocycles. The molecule has 1 aromatic carbocycles. The largest absolute Gasteiger partial charge is 0.223 e. The van der Waals surface area contributed by atoms with Crippen LogP contribution in [0.2, 0.25) is 0 Å². The predicted molar refractivity (Wildman–Crippen MR) is 72.6 cm³/mol. The molecule has 0 amide bonds. The molecule has 0 spiro atoms. The van der Waals surface area contributed by atoms with Crippen molar-refractivity contribution in [3.05, 3.63) is 35.9 Å². The molecule has 1 rings (SSSR count). The van der Waals surface area contributed by atoms with Crippen LogP contribution in [0.15, 0.2) is 35.2 Å². The van der Waals surface area contributed by atoms with Crippen molar-refractivity contribution < 1.29 is 8.42 Å². The van der Waals surface area contributed by atoms with Crippen molar-refractivity contribution in [3.63, 3.8) is 0 Å². The fourth-order valence-electron chi connectivity index (χ4n) is 1.37. The number of allylic oxidation sites excluding steroid dienone is 1. The Hall–Kier alpha value is -1.09. The number of rotatable bonds is 4. The molecule has 2 nitrogen and oxygen atoms in total. The van der Waals surface area contributed by atoms with Crippen LogP contribution in [-0.2, 0) is 9.84 Å². The summed E-state index contributed by atoms with van der Waals surface area (Å²) < 4.78 is 24.0. The lowest BCUT2D eigenvalue weighted by Crippen LogP contribution is -2.13. The molecule has 0 radical (unpaired) electrons. The molecule has 0 heterocycles. The molecule has 94 valence electrons. The lowest BCUT2D eigenvalue weighted by Gasteiger charge is -2.08. The van der Waals surface area contributed by atoms with E-state index in [0.717, 1.165) is 5.56 Å². The fourth-order valence-corrected chi connectivity index (χ4v) is 2.48. The van der Waals surface area contributed by atoms with E-state index in [1.54, 1.807) is 32.0 Å². The summed E-state index contributed by atoms with van der Waals surface area (Å²) in [5.74, 6) is 0.459. The second-order valence-electron chi connectivity index (χ2n) is 4.77. The van der Waals surface area contributed by atoms with Gasteiger partial charge < -0.3 is 0 Å². The fraction of sp³-hybridized carbons (Fsp3) is 0.429. The van der Waals surface area contributed by atoms with Crippen LogP contribution in [0.5, 0.6) is 0 Å². The maximum Gasteiger partial charge on any atom is 0.180 e. The van der Waals surface area contributed by atoms with Crippen LogP contribution >= 0.6 is 0 Å². The molecule has 0 fully saturated rings. The van der Waals surface area contributed by atoms with E-state index in [9.17, 15) is 8.42 Å². The Morgan fingerprint density at radius 2 is 1.76 bits per heavy atom. The van der Waals surface area contributed by atoms with E-state index < -0.39 is 9.84 Å². The SMILES string of the molecule is CC(C)/C=C/c1cccc(S(=O)(=O)C(C)C)c1. The molecule has 0 N–H and O–H groups in total. The summed E-state index contributed by atoms with van der Waals surface area (Å²) in [5, 5.41) is -0.383. The van der Waals surface area contributed by atoms with Crippen molar-refractivity contribution in [2.24, 2.45) is 5.92 Å². The van der Waals surface area contributed by atoms with E-state index in [-0.39, 0.29) is 5.25 Å². The summed E-state index contributed by atoms with van der Waals surface area (Å²) in [6, 6.07) is 7.09. The molecule has 1 aromatic rings. The highest BCUT2D eigenvalue weighted by molar-refractivity contribution is 7.92. The Morgan fingerprint density at radius 1 is 1.12 bits per heavy atom. The summed E-state index contributed by atoms with van der Waals surface area (Å²) >= 11 is 0. The molecule has 0 saturated carbocycles. The van der Waals surface area contributed by atoms with Gasteiger partial charge in [0.2, 0.25) is 0 Å². The summed E-state index contributed by atoms with van der Waals surface area (Å²) in [5.41, 5.74) is 0.931. The molecule has 0 aliphatic carbocycles. The second kappa shape index (κ2) is 5.50. The predicted octanol–water partition coefficient (Wildman–Crippen LogP) is 3.54. The number of benzene rings is 1. The number of sulfone groups is 1. The Morgan fingerprint density at radius 3 is 2.29 bits per heavy atom. The van der Waals surface area contributed by atoms with Crippen molar-refractivity contribution in [2.75, 3.05) is 0 Å². The maximum atomic E-state index is 12.0. The lowest BCUT2D eigenvalue weighted by molar-refractivity contribution is 0.587. The van der Waals surface area contributed by atoms with Gasteiger partial charge in [-0.15, -0.1) is 0 Å². The summed E-state index contributed by atoms with van der Waals surface area (Å²) in [7, 11) is -3.17. The van der Waals surface area contributed by atoms with Gasteiger partial charge >= 0.3 is 0 Å². The average Bonchev–Trinajstić information content (AvgIpc) is 2.26. The van der Waals surface area contributed by atoms with E-state index in [0.29, 0.717) is 10.8 Å². The molecular weight excluding hydrogens is 232 g/mol. The van der Waals surface area contributed by atoms with Gasteiger partial charge in [0.05, 0.1) is 10.1 Å². The van der Waals surface area contributed by atoms with Gasteiger partial charge in [0.15, 0.2) is 9.84 Å². The first-order valence-electron chi connectivity index (χ1n) is 5.86. The molecule has 0 unspecified atom stereocenters. The molecule has 0 bridgehead atoms. The Bertz CT molecular complexity index is 497. The summed E-state index contributed by atoms with van der Waals surface area (Å²) in [6.07, 6.45) is 4.02. The van der Waals surface area contributed by atoms with Gasteiger partial charge in [0.1, 0.15) is 0 Å². The quantitative estimate of drug-likeness (QED) is 0.821. The van der Waals surface area contributed by atoms with Gasteiger partial charge in [-0.2, -0.15) is 0 Å². The van der Waals surface area contributed by atoms with Crippen LogP contribution < -0.4 is 0 Å². The molecule has 0 aromatic heterocycles. The number of hydrogen-bond acceptors (Lipinski definition) is 2. The summed E-state index contributed by atoms with van der Waals surface area (Å²) in [4.78, 5) is 0.401. The molecule has 0 aliphatic rings. The minimum atomic E-state index is -3.17. The smallest absolute Gasteiger partial charge is 0.180 e. The topological polar surface area (TPSA) is 34.1 Å². The monoisotopic (exact) mass is 252 g/mol. The zero-order valence-electron chi connectivity index (χ0n) is 10.8. The molecule has 0 atom stereocenters. The number of hydrogen-bond donors (Lipinski definition) is 0. The van der Waals surface area contributed by atoms with Crippen molar-refractivity contribution in [3.8, 4) is 0 Å². The normalized spacial score (nSPS) is 12.8. The van der Waals surface area contributed by atoms with E-state index in [2.05, 4.69) is 19.9 Å². The highest BCUT2D eigenvalue weighted by Gasteiger charge is 2.18. The molecule has 0 aliphatic heterocycles. The average molecular weight is 252 g/mol. The van der Waals surface area contributed by atoms with Crippen molar-refractivity contribution in [2.45, 2.75) is 37.8 Å². The zero-order chi connectivity index (χ0) is 13.1. The standard InChI is InChI=1S/C14H20O2S/c1-11(2)8-9-13-6-5-7-14(10-13)17(15,16)12(3)4/h5-12H,1-4H3/b9-8+. The maximum absolute atomic E-state index is 12.0. The van der Waals surface area contributed by atoms with Gasteiger partial charge in [-0.1, -0.05) is 38.1 Å². The van der Waals surface area contributed by atoms with Crippen LogP contribution in [0.3, 0.4) is 0 Å². The Labute approximate surface area is 104 Å². The van der Waals surface area contributed by atoms with E-state index in [1.807, 2.05) is 12.1 Å². The van der Waals surface area contributed by atoms with Crippen LogP contribution in [0.25, 0.3) is 6.08 Å². The zero-order valence-corrected chi connectivity index (χ0v) is 11.7. The van der Waals surface area contributed by atoms with Crippen molar-refractivity contribution >= 4 is 15.9 Å². The van der Waals surface area contributed by atoms with E-state index >= 15 is 0 Å². The first-order valence-corrected chi connectivity index (χ1v) is 7.41. The molecule has 3 heteroatoms. The molecule has 17 heavy (non-hydrogen) atoms. The van der Waals surface area contributed by atoms with Gasteiger partial charge in [0, 0.05) is 0 Å². The van der Waals surface area contributed by atoms with E-state index in [4.69, 9.17) is 0 Å². The van der Waals surface area contributed by atoms with E-state index in [1.165, 1.54) is 0 Å². The highest BCUT2D eigenvalue weighted by Crippen LogP contribution is 2.18. The van der Waals surface area contributed by atoms with Crippen LogP contribution in [0, 0.1) is 5.92 Å². The van der Waals surface area contributed by atoms with Gasteiger partial charge in [-0.3, -0.25) is 0 Å². The molecular formula is C14H20O2S. The van der Waals surface area contributed by atoms with Gasteiger partial charge in [-0.25, -0.2) is 8.42 Å². The highest BCUT2D eigenvalue weighted by atomic mass is 32.2. The third kappa shape index (κ3) is 3.70. The Kier molecular flexibility index (Phi) is 4.52.